The van der Waals surface area contributed by atoms with E-state index in [1.807, 2.05) is 49.6 Å². The van der Waals surface area contributed by atoms with Crippen LogP contribution in [-0.4, -0.2) is 36.8 Å². The fourth-order valence-electron chi connectivity index (χ4n) is 3.75. The van der Waals surface area contributed by atoms with E-state index in [0.29, 0.717) is 23.7 Å². The summed E-state index contributed by atoms with van der Waals surface area (Å²) in [5.74, 6) is 1.53. The first-order valence-corrected chi connectivity index (χ1v) is 10.2. The molecule has 1 aliphatic heterocycles. The molecule has 5 rings (SSSR count). The highest BCUT2D eigenvalue weighted by molar-refractivity contribution is 6.06. The minimum atomic E-state index is -0.274. The van der Waals surface area contributed by atoms with Crippen LogP contribution >= 0.6 is 0 Å². The number of nitrogens with zero attached hydrogens (tertiary/aromatic N) is 5. The second kappa shape index (κ2) is 8.06. The third-order valence-corrected chi connectivity index (χ3v) is 5.33. The summed E-state index contributed by atoms with van der Waals surface area (Å²) in [7, 11) is 1.87. The number of fused-ring (bicyclic) bond motifs is 5. The number of ether oxygens (including phenoxy) is 1. The molecule has 2 bridgehead atoms. The number of aromatic nitrogens is 5. The van der Waals surface area contributed by atoms with E-state index < -0.39 is 0 Å². The highest BCUT2D eigenvalue weighted by atomic mass is 16.5. The highest BCUT2D eigenvalue weighted by Crippen LogP contribution is 2.28. The first kappa shape index (κ1) is 19.0. The summed E-state index contributed by atoms with van der Waals surface area (Å²) in [5.41, 5.74) is 2.99. The number of aryl methyl sites for hydroxylation is 2. The van der Waals surface area contributed by atoms with Crippen LogP contribution in [0.25, 0.3) is 22.8 Å². The monoisotopic (exact) mass is 414 g/mol. The second-order valence-corrected chi connectivity index (χ2v) is 7.41. The number of hydrogen-bond acceptors (Lipinski definition) is 5. The minimum Gasteiger partial charge on any atom is -0.493 e. The van der Waals surface area contributed by atoms with E-state index in [-0.39, 0.29) is 5.91 Å². The predicted molar refractivity (Wildman–Crippen MR) is 117 cm³/mol. The molecule has 1 aliphatic rings. The van der Waals surface area contributed by atoms with Gasteiger partial charge in [-0.1, -0.05) is 6.07 Å². The lowest BCUT2D eigenvalue weighted by atomic mass is 10.1. The molecule has 0 aliphatic carbocycles. The average molecular weight is 414 g/mol. The third kappa shape index (κ3) is 3.79. The number of hydrogen-bond donors (Lipinski definition) is 1. The van der Waals surface area contributed by atoms with E-state index in [0.717, 1.165) is 42.2 Å². The number of carbonyl (C=O) groups is 1. The number of benzene rings is 1. The van der Waals surface area contributed by atoms with Crippen molar-refractivity contribution in [3.63, 3.8) is 0 Å². The Balaban J connectivity index is 1.55. The normalized spacial score (nSPS) is 14.0. The summed E-state index contributed by atoms with van der Waals surface area (Å²) < 4.78 is 9.85. The SMILES string of the molecule is Cn1nccc1-c1ccc2c(c1)C(=O)Nc1cccc(n1)-c1nccn1CCCCO2. The van der Waals surface area contributed by atoms with Crippen LogP contribution in [0.4, 0.5) is 5.82 Å². The molecule has 0 unspecified atom stereocenters. The van der Waals surface area contributed by atoms with Crippen molar-refractivity contribution in [1.29, 1.82) is 0 Å². The van der Waals surface area contributed by atoms with Crippen molar-refractivity contribution in [1.82, 2.24) is 24.3 Å². The summed E-state index contributed by atoms with van der Waals surface area (Å²) in [6.07, 6.45) is 7.24. The second-order valence-electron chi connectivity index (χ2n) is 7.41. The maximum atomic E-state index is 13.2. The van der Waals surface area contributed by atoms with Crippen molar-refractivity contribution in [3.05, 3.63) is 66.6 Å². The van der Waals surface area contributed by atoms with Gasteiger partial charge in [-0.15, -0.1) is 0 Å². The van der Waals surface area contributed by atoms with Crippen LogP contribution in [-0.2, 0) is 13.6 Å². The Morgan fingerprint density at radius 1 is 1.10 bits per heavy atom. The van der Waals surface area contributed by atoms with E-state index in [1.165, 1.54) is 0 Å². The van der Waals surface area contributed by atoms with E-state index in [1.54, 1.807) is 23.1 Å². The molecule has 0 atom stereocenters. The zero-order valence-corrected chi connectivity index (χ0v) is 17.2. The van der Waals surface area contributed by atoms with Crippen molar-refractivity contribution in [2.75, 3.05) is 11.9 Å². The topological polar surface area (TPSA) is 86.9 Å². The van der Waals surface area contributed by atoms with Gasteiger partial charge in [0.2, 0.25) is 0 Å². The quantitative estimate of drug-likeness (QED) is 0.512. The Bertz CT molecular complexity index is 1240. The zero-order valence-electron chi connectivity index (χ0n) is 17.2. The van der Waals surface area contributed by atoms with Crippen LogP contribution in [0.3, 0.4) is 0 Å². The van der Waals surface area contributed by atoms with E-state index >= 15 is 0 Å². The Labute approximate surface area is 179 Å². The summed E-state index contributed by atoms with van der Waals surface area (Å²) in [6.45, 7) is 1.35. The van der Waals surface area contributed by atoms with Crippen LogP contribution in [0, 0.1) is 0 Å². The lowest BCUT2D eigenvalue weighted by Gasteiger charge is -2.15. The van der Waals surface area contributed by atoms with Gasteiger partial charge in [0.15, 0.2) is 5.82 Å². The van der Waals surface area contributed by atoms with Gasteiger partial charge in [-0.2, -0.15) is 5.10 Å². The van der Waals surface area contributed by atoms with Gasteiger partial charge in [0.1, 0.15) is 17.3 Å². The van der Waals surface area contributed by atoms with Crippen molar-refractivity contribution in [3.8, 4) is 28.5 Å². The number of amides is 1. The maximum Gasteiger partial charge on any atom is 0.260 e. The van der Waals surface area contributed by atoms with Gasteiger partial charge in [-0.05, 0) is 49.2 Å². The van der Waals surface area contributed by atoms with Gasteiger partial charge in [0, 0.05) is 37.7 Å². The van der Waals surface area contributed by atoms with Gasteiger partial charge >= 0.3 is 0 Å². The number of rotatable bonds is 1. The predicted octanol–water partition coefficient (Wildman–Crippen LogP) is 3.77. The standard InChI is InChI=1S/C23H22N6O2/c1-28-19(9-10-25-28)16-7-8-20-17(15-16)23(30)27-21-6-4-5-18(26-21)22-24-11-13-29(22)12-2-3-14-31-20/h4-11,13,15H,2-3,12,14H2,1H3,(H,26,27,30). The van der Waals surface area contributed by atoms with Crippen LogP contribution in [0.15, 0.2) is 61.1 Å². The Morgan fingerprint density at radius 2 is 2.03 bits per heavy atom. The van der Waals surface area contributed by atoms with Crippen molar-refractivity contribution in [2.24, 2.45) is 7.05 Å². The van der Waals surface area contributed by atoms with Crippen molar-refractivity contribution in [2.45, 2.75) is 19.4 Å². The van der Waals surface area contributed by atoms with E-state index in [4.69, 9.17) is 4.74 Å². The maximum absolute atomic E-state index is 13.2. The summed E-state index contributed by atoms with van der Waals surface area (Å²) in [4.78, 5) is 22.3. The molecule has 8 nitrogen and oxygen atoms in total. The fraction of sp³-hybridized carbons (Fsp3) is 0.217. The first-order chi connectivity index (χ1) is 15.2. The molecular weight excluding hydrogens is 392 g/mol. The van der Waals surface area contributed by atoms with Gasteiger partial charge in [0.05, 0.1) is 17.9 Å². The third-order valence-electron chi connectivity index (χ3n) is 5.33. The average Bonchev–Trinajstić information content (AvgIpc) is 3.42. The molecule has 3 aromatic heterocycles. The molecule has 156 valence electrons. The molecule has 1 amide bonds. The highest BCUT2D eigenvalue weighted by Gasteiger charge is 2.18. The Morgan fingerprint density at radius 3 is 2.90 bits per heavy atom. The summed E-state index contributed by atoms with van der Waals surface area (Å²) in [5, 5.41) is 7.14. The van der Waals surface area contributed by atoms with Crippen LogP contribution in [0.2, 0.25) is 0 Å². The molecule has 0 saturated carbocycles. The molecule has 1 N–H and O–H groups in total. The minimum absolute atomic E-state index is 0.274. The van der Waals surface area contributed by atoms with Gasteiger partial charge in [-0.25, -0.2) is 9.97 Å². The number of carbonyl (C=O) groups excluding carboxylic acids is 1. The molecule has 4 aromatic rings. The lowest BCUT2D eigenvalue weighted by molar-refractivity contribution is 0.102. The molecule has 4 heterocycles. The smallest absolute Gasteiger partial charge is 0.260 e. The lowest BCUT2D eigenvalue weighted by Crippen LogP contribution is -2.16. The van der Waals surface area contributed by atoms with Gasteiger partial charge in [-0.3, -0.25) is 9.48 Å². The molecule has 31 heavy (non-hydrogen) atoms. The first-order valence-electron chi connectivity index (χ1n) is 10.2. The van der Waals surface area contributed by atoms with Gasteiger partial charge < -0.3 is 14.6 Å². The number of nitrogens with one attached hydrogen (secondary N) is 1. The van der Waals surface area contributed by atoms with Crippen molar-refractivity contribution >= 4 is 11.7 Å². The van der Waals surface area contributed by atoms with Crippen molar-refractivity contribution < 1.29 is 9.53 Å². The zero-order chi connectivity index (χ0) is 21.2. The molecule has 0 radical (unpaired) electrons. The molecule has 8 heteroatoms. The van der Waals surface area contributed by atoms with Crippen LogP contribution < -0.4 is 10.1 Å². The molecule has 0 fully saturated rings. The number of anilines is 1. The number of pyridine rings is 1. The molecule has 0 spiro atoms. The summed E-state index contributed by atoms with van der Waals surface area (Å²) in [6, 6.07) is 13.1. The van der Waals surface area contributed by atoms with Gasteiger partial charge in [0.25, 0.3) is 5.91 Å². The Hall–Kier alpha value is -3.94. The van der Waals surface area contributed by atoms with E-state index in [9.17, 15) is 4.79 Å². The Kier molecular flexibility index (Phi) is 4.95. The fourth-order valence-corrected chi connectivity index (χ4v) is 3.75. The van der Waals surface area contributed by atoms with Crippen LogP contribution in [0.1, 0.15) is 23.2 Å². The molecular formula is C23H22N6O2. The van der Waals surface area contributed by atoms with Crippen LogP contribution in [0.5, 0.6) is 5.75 Å². The molecule has 0 saturated heterocycles. The number of imidazole rings is 1. The largest absolute Gasteiger partial charge is 0.493 e. The summed E-state index contributed by atoms with van der Waals surface area (Å²) >= 11 is 0. The molecule has 1 aromatic carbocycles. The van der Waals surface area contributed by atoms with E-state index in [2.05, 4.69) is 25.0 Å².